The third-order valence-corrected chi connectivity index (χ3v) is 2.02. The summed E-state index contributed by atoms with van der Waals surface area (Å²) in [5.74, 6) is 0.792. The second-order valence-corrected chi connectivity index (χ2v) is 3.23. The van der Waals surface area contributed by atoms with Gasteiger partial charge in [-0.15, -0.1) is 0 Å². The highest BCUT2D eigenvalue weighted by molar-refractivity contribution is 5.48. The fourth-order valence-electron chi connectivity index (χ4n) is 1.25. The molecule has 2 N–H and O–H groups in total. The van der Waals surface area contributed by atoms with Crippen LogP contribution in [0.25, 0.3) is 6.08 Å². The quantitative estimate of drug-likeness (QED) is 0.763. The van der Waals surface area contributed by atoms with Crippen LogP contribution in [0.4, 0.5) is 5.82 Å². The van der Waals surface area contributed by atoms with Crippen LogP contribution in [-0.4, -0.2) is 4.98 Å². The molecular weight excluding hydrogens is 198 g/mol. The summed E-state index contributed by atoms with van der Waals surface area (Å²) in [4.78, 5) is 4.12. The average Bonchev–Trinajstić information content (AvgIpc) is 2.37. The van der Waals surface area contributed by atoms with E-state index in [4.69, 9.17) is 0 Å². The maximum absolute atomic E-state index is 4.12. The van der Waals surface area contributed by atoms with Gasteiger partial charge in [0.2, 0.25) is 0 Å². The first-order chi connectivity index (χ1) is 7.95. The van der Waals surface area contributed by atoms with Crippen molar-refractivity contribution in [3.8, 4) is 0 Å². The van der Waals surface area contributed by atoms with E-state index in [0.29, 0.717) is 0 Å². The molecule has 0 saturated heterocycles. The van der Waals surface area contributed by atoms with E-state index in [1.807, 2.05) is 60.8 Å². The maximum Gasteiger partial charge on any atom is 0.144 e. The van der Waals surface area contributed by atoms with Crippen molar-refractivity contribution in [1.29, 1.82) is 0 Å². The monoisotopic (exact) mass is 211 g/mol. The first kappa shape index (κ1) is 10.2. The van der Waals surface area contributed by atoms with Crippen molar-refractivity contribution in [2.75, 3.05) is 5.43 Å². The Balaban J connectivity index is 1.83. The predicted octanol–water partition coefficient (Wildman–Crippen LogP) is 2.67. The van der Waals surface area contributed by atoms with E-state index in [-0.39, 0.29) is 0 Å². The number of pyridine rings is 1. The zero-order chi connectivity index (χ0) is 11.1. The topological polar surface area (TPSA) is 37.0 Å². The first-order valence-corrected chi connectivity index (χ1v) is 5.09. The second-order valence-electron chi connectivity index (χ2n) is 3.23. The van der Waals surface area contributed by atoms with E-state index in [0.717, 1.165) is 11.4 Å². The Morgan fingerprint density at radius 1 is 0.938 bits per heavy atom. The summed E-state index contributed by atoms with van der Waals surface area (Å²) >= 11 is 0. The van der Waals surface area contributed by atoms with Gasteiger partial charge in [0.1, 0.15) is 5.82 Å². The number of hydrogen-bond acceptors (Lipinski definition) is 3. The van der Waals surface area contributed by atoms with Crippen molar-refractivity contribution in [2.24, 2.45) is 0 Å². The normalized spacial score (nSPS) is 10.2. The van der Waals surface area contributed by atoms with Crippen LogP contribution in [0.15, 0.2) is 60.9 Å². The summed E-state index contributed by atoms with van der Waals surface area (Å²) in [6.45, 7) is 0. The fourth-order valence-corrected chi connectivity index (χ4v) is 1.25. The van der Waals surface area contributed by atoms with Crippen molar-refractivity contribution in [2.45, 2.75) is 0 Å². The molecule has 3 heteroatoms. The minimum absolute atomic E-state index is 0.792. The average molecular weight is 211 g/mol. The second kappa shape index (κ2) is 5.56. The van der Waals surface area contributed by atoms with E-state index in [2.05, 4.69) is 15.8 Å². The molecule has 1 aromatic carbocycles. The van der Waals surface area contributed by atoms with Gasteiger partial charge in [-0.3, -0.25) is 5.43 Å². The molecule has 3 nitrogen and oxygen atoms in total. The third-order valence-electron chi connectivity index (χ3n) is 2.02. The van der Waals surface area contributed by atoms with Gasteiger partial charge >= 0.3 is 0 Å². The lowest BCUT2D eigenvalue weighted by molar-refractivity contribution is 1.04. The van der Waals surface area contributed by atoms with Crippen LogP contribution in [0.5, 0.6) is 0 Å². The molecule has 0 aliphatic carbocycles. The summed E-state index contributed by atoms with van der Waals surface area (Å²) in [5.41, 5.74) is 7.07. The molecule has 80 valence electrons. The largest absolute Gasteiger partial charge is 0.307 e. The summed E-state index contributed by atoms with van der Waals surface area (Å²) in [6, 6.07) is 15.8. The molecule has 0 saturated carbocycles. The first-order valence-electron chi connectivity index (χ1n) is 5.09. The van der Waals surface area contributed by atoms with Gasteiger partial charge in [-0.25, -0.2) is 4.98 Å². The fraction of sp³-hybridized carbons (Fsp3) is 0. The van der Waals surface area contributed by atoms with Crippen LogP contribution in [0, 0.1) is 0 Å². The highest BCUT2D eigenvalue weighted by Crippen LogP contribution is 2.00. The molecule has 16 heavy (non-hydrogen) atoms. The summed E-state index contributed by atoms with van der Waals surface area (Å²) in [5, 5.41) is 0. The lowest BCUT2D eigenvalue weighted by atomic mass is 10.2. The molecule has 1 aromatic heterocycles. The Bertz CT molecular complexity index is 437. The minimum Gasteiger partial charge on any atom is -0.307 e. The van der Waals surface area contributed by atoms with E-state index in [9.17, 15) is 0 Å². The number of hydrazine groups is 1. The van der Waals surface area contributed by atoms with Crippen molar-refractivity contribution < 1.29 is 0 Å². The number of benzene rings is 1. The van der Waals surface area contributed by atoms with Gasteiger partial charge in [0.05, 0.1) is 0 Å². The number of hydrogen-bond donors (Lipinski definition) is 2. The van der Waals surface area contributed by atoms with E-state index in [1.54, 1.807) is 6.20 Å². The molecule has 0 bridgehead atoms. The zero-order valence-corrected chi connectivity index (χ0v) is 8.80. The number of rotatable bonds is 4. The maximum atomic E-state index is 4.12. The Kier molecular flexibility index (Phi) is 3.55. The Morgan fingerprint density at radius 2 is 1.75 bits per heavy atom. The van der Waals surface area contributed by atoms with E-state index >= 15 is 0 Å². The van der Waals surface area contributed by atoms with Gasteiger partial charge in [-0.05, 0) is 23.8 Å². The van der Waals surface area contributed by atoms with Gasteiger partial charge in [0.15, 0.2) is 0 Å². The Morgan fingerprint density at radius 3 is 2.50 bits per heavy atom. The number of anilines is 1. The van der Waals surface area contributed by atoms with Gasteiger partial charge in [0, 0.05) is 12.4 Å². The van der Waals surface area contributed by atoms with Crippen LogP contribution < -0.4 is 10.9 Å². The molecule has 2 aromatic rings. The Hall–Kier alpha value is -2.29. The summed E-state index contributed by atoms with van der Waals surface area (Å²) < 4.78 is 0. The highest BCUT2D eigenvalue weighted by Gasteiger charge is 1.86. The van der Waals surface area contributed by atoms with E-state index < -0.39 is 0 Å². The molecule has 0 unspecified atom stereocenters. The predicted molar refractivity (Wildman–Crippen MR) is 66.5 cm³/mol. The SMILES string of the molecule is C(=Cc1ccccc1)NNc1ccccn1. The smallest absolute Gasteiger partial charge is 0.144 e. The number of nitrogens with one attached hydrogen (secondary N) is 2. The van der Waals surface area contributed by atoms with Crippen LogP contribution in [-0.2, 0) is 0 Å². The van der Waals surface area contributed by atoms with Gasteiger partial charge < -0.3 is 5.43 Å². The zero-order valence-electron chi connectivity index (χ0n) is 8.80. The molecule has 0 atom stereocenters. The molecule has 0 aliphatic heterocycles. The van der Waals surface area contributed by atoms with Crippen molar-refractivity contribution in [3.05, 3.63) is 66.5 Å². The number of aromatic nitrogens is 1. The van der Waals surface area contributed by atoms with Crippen LogP contribution in [0.3, 0.4) is 0 Å². The minimum atomic E-state index is 0.792. The van der Waals surface area contributed by atoms with E-state index in [1.165, 1.54) is 0 Å². The molecular formula is C13H13N3. The molecule has 0 fully saturated rings. The lowest BCUT2D eigenvalue weighted by Gasteiger charge is -2.03. The Labute approximate surface area is 94.8 Å². The molecule has 0 amide bonds. The lowest BCUT2D eigenvalue weighted by Crippen LogP contribution is -2.14. The molecule has 0 radical (unpaired) electrons. The summed E-state index contributed by atoms with van der Waals surface area (Å²) in [6.07, 6.45) is 5.56. The molecule has 2 rings (SSSR count). The van der Waals surface area contributed by atoms with Crippen molar-refractivity contribution in [1.82, 2.24) is 10.4 Å². The van der Waals surface area contributed by atoms with Gasteiger partial charge in [0.25, 0.3) is 0 Å². The number of nitrogens with zero attached hydrogens (tertiary/aromatic N) is 1. The van der Waals surface area contributed by atoms with Gasteiger partial charge in [-0.2, -0.15) is 0 Å². The standard InChI is InChI=1S/C13H13N3/c1-2-6-12(7-3-1)9-11-15-16-13-8-4-5-10-14-13/h1-11,15H,(H,14,16). The highest BCUT2D eigenvalue weighted by atomic mass is 15.4. The van der Waals surface area contributed by atoms with Crippen LogP contribution in [0.2, 0.25) is 0 Å². The third kappa shape index (κ3) is 3.13. The van der Waals surface area contributed by atoms with Crippen LogP contribution >= 0.6 is 0 Å². The molecule has 0 aliphatic rings. The summed E-state index contributed by atoms with van der Waals surface area (Å²) in [7, 11) is 0. The van der Waals surface area contributed by atoms with Crippen molar-refractivity contribution >= 4 is 11.9 Å². The van der Waals surface area contributed by atoms with Crippen molar-refractivity contribution in [3.63, 3.8) is 0 Å². The molecule has 1 heterocycles. The van der Waals surface area contributed by atoms with Crippen LogP contribution in [0.1, 0.15) is 5.56 Å². The molecule has 0 spiro atoms. The van der Waals surface area contributed by atoms with Gasteiger partial charge in [-0.1, -0.05) is 36.4 Å².